The first-order valence-corrected chi connectivity index (χ1v) is 8.62. The van der Waals surface area contributed by atoms with Crippen LogP contribution in [0.2, 0.25) is 5.02 Å². The van der Waals surface area contributed by atoms with Crippen LogP contribution in [-0.2, 0) is 10.0 Å². The van der Waals surface area contributed by atoms with Gasteiger partial charge in [0, 0.05) is 11.1 Å². The number of hydrogen-bond acceptors (Lipinski definition) is 4. The number of nitrogens with two attached hydrogens (primary N) is 1. The Hall–Kier alpha value is -0.890. The lowest BCUT2D eigenvalue weighted by Gasteiger charge is -2.22. The molecule has 0 aliphatic heterocycles. The van der Waals surface area contributed by atoms with Crippen LogP contribution in [0.4, 0.5) is 10.1 Å². The minimum Gasteiger partial charge on any atom is -0.396 e. The number of rotatable bonds is 3. The predicted octanol–water partition coefficient (Wildman–Crippen LogP) is 2.03. The van der Waals surface area contributed by atoms with E-state index in [2.05, 4.69) is 4.72 Å². The molecule has 0 heterocycles. The summed E-state index contributed by atoms with van der Waals surface area (Å²) in [6.45, 7) is 0. The van der Waals surface area contributed by atoms with Gasteiger partial charge < -0.3 is 10.8 Å². The lowest BCUT2D eigenvalue weighted by atomic mass is 10.1. The van der Waals surface area contributed by atoms with Gasteiger partial charge in [-0.15, -0.1) is 0 Å². The van der Waals surface area contributed by atoms with E-state index < -0.39 is 32.9 Å². The van der Waals surface area contributed by atoms with Gasteiger partial charge in [-0.25, -0.2) is 17.5 Å². The summed E-state index contributed by atoms with van der Waals surface area (Å²) in [5.41, 5.74) is 5.07. The van der Waals surface area contributed by atoms with Crippen molar-refractivity contribution in [3.05, 3.63) is 23.0 Å². The zero-order chi connectivity index (χ0) is 15.6. The largest absolute Gasteiger partial charge is 0.396 e. The minimum absolute atomic E-state index is 0.0377. The molecule has 2 unspecified atom stereocenters. The smallest absolute Gasteiger partial charge is 0.243 e. The molecule has 1 aliphatic rings. The maximum atomic E-state index is 13.9. The number of halogens is 2. The van der Waals surface area contributed by atoms with Gasteiger partial charge in [-0.1, -0.05) is 30.9 Å². The molecule has 2 atom stereocenters. The second-order valence-corrected chi connectivity index (χ2v) is 7.36. The van der Waals surface area contributed by atoms with Gasteiger partial charge in [0.1, 0.15) is 4.90 Å². The van der Waals surface area contributed by atoms with Crippen LogP contribution in [0, 0.1) is 5.82 Å². The normalized spacial score (nSPS) is 23.8. The summed E-state index contributed by atoms with van der Waals surface area (Å²) in [7, 11) is -4.13. The third-order valence-corrected chi connectivity index (χ3v) is 5.32. The van der Waals surface area contributed by atoms with E-state index in [4.69, 9.17) is 17.3 Å². The van der Waals surface area contributed by atoms with Crippen molar-refractivity contribution in [2.75, 3.05) is 5.73 Å². The van der Waals surface area contributed by atoms with Crippen molar-refractivity contribution >= 4 is 27.3 Å². The molecule has 0 aromatic heterocycles. The van der Waals surface area contributed by atoms with Gasteiger partial charge in [-0.05, 0) is 25.0 Å². The van der Waals surface area contributed by atoms with E-state index in [1.807, 2.05) is 0 Å². The van der Waals surface area contributed by atoms with Gasteiger partial charge in [-0.2, -0.15) is 0 Å². The molecule has 8 heteroatoms. The highest BCUT2D eigenvalue weighted by atomic mass is 35.5. The molecule has 1 saturated carbocycles. The molecule has 0 amide bonds. The van der Waals surface area contributed by atoms with E-state index in [9.17, 15) is 17.9 Å². The number of aliphatic hydroxyl groups is 1. The van der Waals surface area contributed by atoms with E-state index in [0.717, 1.165) is 31.4 Å². The van der Waals surface area contributed by atoms with Crippen molar-refractivity contribution in [2.24, 2.45) is 0 Å². The van der Waals surface area contributed by atoms with Gasteiger partial charge in [0.2, 0.25) is 10.0 Å². The Balaban J connectivity index is 2.30. The van der Waals surface area contributed by atoms with Gasteiger partial charge in [0.15, 0.2) is 5.82 Å². The zero-order valence-electron chi connectivity index (χ0n) is 11.4. The molecular formula is C13H18ClFN2O3S. The van der Waals surface area contributed by atoms with Gasteiger partial charge in [0.05, 0.1) is 11.8 Å². The maximum Gasteiger partial charge on any atom is 0.243 e. The van der Waals surface area contributed by atoms with Crippen LogP contribution in [0.3, 0.4) is 0 Å². The SMILES string of the molecule is Nc1cc(Cl)cc(S(=O)(=O)NC2CCCCCC2O)c1F. The molecule has 4 N–H and O–H groups in total. The molecule has 0 bridgehead atoms. The maximum absolute atomic E-state index is 13.9. The Morgan fingerprint density at radius 3 is 2.67 bits per heavy atom. The van der Waals surface area contributed by atoms with Crippen molar-refractivity contribution in [3.8, 4) is 0 Å². The van der Waals surface area contributed by atoms with Crippen molar-refractivity contribution in [2.45, 2.75) is 49.1 Å². The summed E-state index contributed by atoms with van der Waals surface area (Å²) in [5.74, 6) is -1.03. The Labute approximate surface area is 128 Å². The van der Waals surface area contributed by atoms with Gasteiger partial charge in [0.25, 0.3) is 0 Å². The molecule has 2 rings (SSSR count). The molecule has 0 saturated heterocycles. The highest BCUT2D eigenvalue weighted by Gasteiger charge is 2.29. The summed E-state index contributed by atoms with van der Waals surface area (Å²) in [6.07, 6.45) is 2.85. The van der Waals surface area contributed by atoms with E-state index >= 15 is 0 Å². The second kappa shape index (κ2) is 6.48. The van der Waals surface area contributed by atoms with Crippen LogP contribution in [-0.4, -0.2) is 25.7 Å². The Morgan fingerprint density at radius 1 is 1.29 bits per heavy atom. The number of sulfonamides is 1. The average Bonchev–Trinajstić information content (AvgIpc) is 2.59. The Kier molecular flexibility index (Phi) is 5.08. The van der Waals surface area contributed by atoms with E-state index in [-0.39, 0.29) is 10.7 Å². The van der Waals surface area contributed by atoms with Crippen LogP contribution in [0.1, 0.15) is 32.1 Å². The topological polar surface area (TPSA) is 92.4 Å². The second-order valence-electron chi connectivity index (χ2n) is 5.24. The summed E-state index contributed by atoms with van der Waals surface area (Å²) in [6, 6.07) is 1.53. The highest BCUT2D eigenvalue weighted by Crippen LogP contribution is 2.26. The number of nitrogen functional groups attached to an aromatic ring is 1. The van der Waals surface area contributed by atoms with Crippen LogP contribution >= 0.6 is 11.6 Å². The van der Waals surface area contributed by atoms with E-state index in [0.29, 0.717) is 12.8 Å². The Bertz CT molecular complexity index is 624. The zero-order valence-corrected chi connectivity index (χ0v) is 12.9. The van der Waals surface area contributed by atoms with E-state index in [1.165, 1.54) is 0 Å². The predicted molar refractivity (Wildman–Crippen MR) is 79.0 cm³/mol. The third kappa shape index (κ3) is 3.85. The molecule has 1 aromatic carbocycles. The molecule has 1 aromatic rings. The molecular weight excluding hydrogens is 319 g/mol. The van der Waals surface area contributed by atoms with Crippen molar-refractivity contribution in [1.82, 2.24) is 4.72 Å². The van der Waals surface area contributed by atoms with Gasteiger partial charge in [-0.3, -0.25) is 0 Å². The first kappa shape index (κ1) is 16.5. The van der Waals surface area contributed by atoms with Crippen molar-refractivity contribution < 1.29 is 17.9 Å². The number of aliphatic hydroxyl groups excluding tert-OH is 1. The molecule has 1 fully saturated rings. The molecule has 5 nitrogen and oxygen atoms in total. The lowest BCUT2D eigenvalue weighted by molar-refractivity contribution is 0.130. The van der Waals surface area contributed by atoms with E-state index in [1.54, 1.807) is 0 Å². The monoisotopic (exact) mass is 336 g/mol. The summed E-state index contributed by atoms with van der Waals surface area (Å²) in [5, 5.41) is 10.0. The number of nitrogens with one attached hydrogen (secondary N) is 1. The minimum atomic E-state index is -4.13. The number of benzene rings is 1. The van der Waals surface area contributed by atoms with Crippen molar-refractivity contribution in [3.63, 3.8) is 0 Å². The highest BCUT2D eigenvalue weighted by molar-refractivity contribution is 7.89. The quantitative estimate of drug-likeness (QED) is 0.581. The van der Waals surface area contributed by atoms with Gasteiger partial charge >= 0.3 is 0 Å². The summed E-state index contributed by atoms with van der Waals surface area (Å²) >= 11 is 5.74. The standard InChI is InChI=1S/C13H18ClFN2O3S/c14-8-6-9(16)13(15)12(7-8)21(19,20)17-10-4-2-1-3-5-11(10)18/h6-7,10-11,17-18H,1-5,16H2. The molecule has 21 heavy (non-hydrogen) atoms. The number of hydrogen-bond donors (Lipinski definition) is 3. The third-order valence-electron chi connectivity index (χ3n) is 3.61. The first-order valence-electron chi connectivity index (χ1n) is 6.76. The molecule has 1 aliphatic carbocycles. The summed E-state index contributed by atoms with van der Waals surface area (Å²) < 4.78 is 40.9. The number of anilines is 1. The molecule has 0 spiro atoms. The summed E-state index contributed by atoms with van der Waals surface area (Å²) in [4.78, 5) is -0.594. The fraction of sp³-hybridized carbons (Fsp3) is 0.538. The van der Waals surface area contributed by atoms with Crippen molar-refractivity contribution in [1.29, 1.82) is 0 Å². The average molecular weight is 337 g/mol. The first-order chi connectivity index (χ1) is 9.81. The fourth-order valence-corrected chi connectivity index (χ4v) is 4.20. The van der Waals surface area contributed by atoms with Crippen LogP contribution in [0.5, 0.6) is 0 Å². The lowest BCUT2D eigenvalue weighted by Crippen LogP contribution is -2.42. The Morgan fingerprint density at radius 2 is 1.95 bits per heavy atom. The van der Waals surface area contributed by atoms with Crippen LogP contribution in [0.25, 0.3) is 0 Å². The van der Waals surface area contributed by atoms with Crippen LogP contribution < -0.4 is 10.5 Å². The molecule has 0 radical (unpaired) electrons. The van der Waals surface area contributed by atoms with Crippen LogP contribution in [0.15, 0.2) is 17.0 Å². The fourth-order valence-electron chi connectivity index (χ4n) is 2.47. The molecule has 118 valence electrons.